The lowest BCUT2D eigenvalue weighted by Crippen LogP contribution is -2.13. The summed E-state index contributed by atoms with van der Waals surface area (Å²) >= 11 is 3.10. The molecule has 6 heteroatoms. The van der Waals surface area contributed by atoms with Crippen LogP contribution in [-0.4, -0.2) is 4.40 Å². The van der Waals surface area contributed by atoms with Gasteiger partial charge in [-0.3, -0.25) is 9.20 Å². The SMILES string of the molecule is O=c1ccc(Br)c2cc(C(F)(F)F)ccn12. The molecule has 2 rings (SSSR count). The molecule has 0 amide bonds. The van der Waals surface area contributed by atoms with Gasteiger partial charge in [0.25, 0.3) is 5.56 Å². The van der Waals surface area contributed by atoms with Gasteiger partial charge in [-0.2, -0.15) is 13.2 Å². The number of hydrogen-bond acceptors (Lipinski definition) is 1. The number of fused-ring (bicyclic) bond motifs is 1. The molecule has 0 aliphatic rings. The van der Waals surface area contributed by atoms with Crippen LogP contribution in [0.15, 0.2) is 39.7 Å². The lowest BCUT2D eigenvalue weighted by atomic mass is 10.2. The van der Waals surface area contributed by atoms with E-state index in [0.717, 1.165) is 22.7 Å². The molecule has 2 heterocycles. The molecule has 16 heavy (non-hydrogen) atoms. The van der Waals surface area contributed by atoms with Crippen LogP contribution in [0.5, 0.6) is 0 Å². The van der Waals surface area contributed by atoms with E-state index in [-0.39, 0.29) is 11.1 Å². The molecule has 84 valence electrons. The molecule has 0 saturated carbocycles. The highest BCUT2D eigenvalue weighted by molar-refractivity contribution is 9.10. The molecule has 0 aliphatic carbocycles. The molecule has 0 aromatic carbocycles. The summed E-state index contributed by atoms with van der Waals surface area (Å²) in [4.78, 5) is 11.4. The van der Waals surface area contributed by atoms with Crippen molar-refractivity contribution in [3.05, 3.63) is 50.9 Å². The maximum atomic E-state index is 12.4. The fraction of sp³-hybridized carbons (Fsp3) is 0.100. The first-order chi connectivity index (χ1) is 7.39. The van der Waals surface area contributed by atoms with Crippen LogP contribution < -0.4 is 5.56 Å². The molecule has 0 fully saturated rings. The van der Waals surface area contributed by atoms with E-state index in [2.05, 4.69) is 15.9 Å². The Morgan fingerprint density at radius 2 is 1.88 bits per heavy atom. The van der Waals surface area contributed by atoms with E-state index in [1.165, 1.54) is 12.1 Å². The zero-order valence-corrected chi connectivity index (χ0v) is 9.34. The van der Waals surface area contributed by atoms with Gasteiger partial charge < -0.3 is 0 Å². The van der Waals surface area contributed by atoms with Gasteiger partial charge in [0.2, 0.25) is 0 Å². The Morgan fingerprint density at radius 1 is 1.19 bits per heavy atom. The molecule has 2 nitrogen and oxygen atoms in total. The van der Waals surface area contributed by atoms with Crippen molar-refractivity contribution in [2.24, 2.45) is 0 Å². The van der Waals surface area contributed by atoms with E-state index in [1.807, 2.05) is 0 Å². The molecule has 0 bridgehead atoms. The smallest absolute Gasteiger partial charge is 0.283 e. The first-order valence-corrected chi connectivity index (χ1v) is 5.07. The van der Waals surface area contributed by atoms with Crippen LogP contribution in [0.25, 0.3) is 5.52 Å². The molecule has 0 unspecified atom stereocenters. The summed E-state index contributed by atoms with van der Waals surface area (Å²) in [5.41, 5.74) is -0.951. The molecule has 0 atom stereocenters. The van der Waals surface area contributed by atoms with Gasteiger partial charge in [-0.1, -0.05) is 0 Å². The molecule has 0 N–H and O–H groups in total. The van der Waals surface area contributed by atoms with E-state index >= 15 is 0 Å². The van der Waals surface area contributed by atoms with Crippen molar-refractivity contribution >= 4 is 21.4 Å². The standard InChI is InChI=1S/C10H5BrF3NO/c11-7-1-2-9(16)15-4-3-6(5-8(7)15)10(12,13)14/h1-5H. The van der Waals surface area contributed by atoms with Crippen molar-refractivity contribution in [3.8, 4) is 0 Å². The predicted molar refractivity (Wildman–Crippen MR) is 56.4 cm³/mol. The normalized spacial score (nSPS) is 12.0. The number of pyridine rings is 2. The van der Waals surface area contributed by atoms with Crippen LogP contribution in [-0.2, 0) is 6.18 Å². The van der Waals surface area contributed by atoms with E-state index < -0.39 is 11.7 Å². The molecular weight excluding hydrogens is 287 g/mol. The van der Waals surface area contributed by atoms with Crippen molar-refractivity contribution in [3.63, 3.8) is 0 Å². The van der Waals surface area contributed by atoms with Crippen LogP contribution >= 0.6 is 15.9 Å². The predicted octanol–water partition coefficient (Wildman–Crippen LogP) is 3.08. The van der Waals surface area contributed by atoms with Crippen molar-refractivity contribution in [1.29, 1.82) is 0 Å². The fourth-order valence-electron chi connectivity index (χ4n) is 1.36. The molecule has 2 aromatic rings. The number of rotatable bonds is 0. The summed E-state index contributed by atoms with van der Waals surface area (Å²) in [5, 5.41) is 0. The van der Waals surface area contributed by atoms with Crippen LogP contribution in [0.3, 0.4) is 0 Å². The van der Waals surface area contributed by atoms with E-state index in [0.29, 0.717) is 4.47 Å². The Balaban J connectivity index is 2.81. The van der Waals surface area contributed by atoms with Gasteiger partial charge in [0.1, 0.15) is 0 Å². The highest BCUT2D eigenvalue weighted by Crippen LogP contribution is 2.30. The lowest BCUT2D eigenvalue weighted by molar-refractivity contribution is -0.137. The molecule has 0 radical (unpaired) electrons. The summed E-state index contributed by atoms with van der Waals surface area (Å²) in [7, 11) is 0. The average Bonchev–Trinajstić information content (AvgIpc) is 2.22. The second-order valence-corrected chi connectivity index (χ2v) is 4.04. The highest BCUT2D eigenvalue weighted by Gasteiger charge is 2.30. The van der Waals surface area contributed by atoms with Gasteiger partial charge in [-0.25, -0.2) is 0 Å². The van der Waals surface area contributed by atoms with Gasteiger partial charge in [0.05, 0.1) is 11.1 Å². The second-order valence-electron chi connectivity index (χ2n) is 3.19. The Labute approximate surface area is 96.5 Å². The third-order valence-electron chi connectivity index (χ3n) is 2.14. The van der Waals surface area contributed by atoms with Crippen LogP contribution in [0.2, 0.25) is 0 Å². The zero-order chi connectivity index (χ0) is 11.9. The quantitative estimate of drug-likeness (QED) is 0.731. The number of nitrogens with zero attached hydrogens (tertiary/aromatic N) is 1. The average molecular weight is 292 g/mol. The van der Waals surface area contributed by atoms with Crippen molar-refractivity contribution in [2.45, 2.75) is 6.18 Å². The summed E-state index contributed by atoms with van der Waals surface area (Å²) in [6.07, 6.45) is -3.29. The summed E-state index contributed by atoms with van der Waals surface area (Å²) < 4.78 is 38.9. The molecular formula is C10H5BrF3NO. The maximum Gasteiger partial charge on any atom is 0.416 e. The highest BCUT2D eigenvalue weighted by atomic mass is 79.9. The van der Waals surface area contributed by atoms with Gasteiger partial charge in [-0.05, 0) is 34.1 Å². The number of halogens is 4. The third-order valence-corrected chi connectivity index (χ3v) is 2.81. The topological polar surface area (TPSA) is 21.5 Å². The maximum absolute atomic E-state index is 12.4. The number of aromatic nitrogens is 1. The molecule has 0 aliphatic heterocycles. The summed E-state index contributed by atoms with van der Waals surface area (Å²) in [6, 6.07) is 4.52. The van der Waals surface area contributed by atoms with Crippen LogP contribution in [0.4, 0.5) is 13.2 Å². The Kier molecular flexibility index (Phi) is 2.53. The Hall–Kier alpha value is -1.30. The minimum absolute atomic E-state index is 0.197. The van der Waals surface area contributed by atoms with Gasteiger partial charge >= 0.3 is 6.18 Å². The number of alkyl halides is 3. The second kappa shape index (κ2) is 3.62. The Morgan fingerprint density at radius 3 is 2.50 bits per heavy atom. The summed E-state index contributed by atoms with van der Waals surface area (Å²) in [6.45, 7) is 0. The van der Waals surface area contributed by atoms with Gasteiger partial charge in [0, 0.05) is 16.7 Å². The van der Waals surface area contributed by atoms with Gasteiger partial charge in [0.15, 0.2) is 0 Å². The van der Waals surface area contributed by atoms with E-state index in [4.69, 9.17) is 0 Å². The largest absolute Gasteiger partial charge is 0.416 e. The Bertz CT molecular complexity index is 603. The van der Waals surface area contributed by atoms with E-state index in [9.17, 15) is 18.0 Å². The van der Waals surface area contributed by atoms with E-state index in [1.54, 1.807) is 0 Å². The van der Waals surface area contributed by atoms with Crippen molar-refractivity contribution in [1.82, 2.24) is 4.40 Å². The molecule has 0 spiro atoms. The van der Waals surface area contributed by atoms with Crippen LogP contribution in [0.1, 0.15) is 5.56 Å². The van der Waals surface area contributed by atoms with Crippen molar-refractivity contribution in [2.75, 3.05) is 0 Å². The molecule has 2 aromatic heterocycles. The van der Waals surface area contributed by atoms with Gasteiger partial charge in [-0.15, -0.1) is 0 Å². The monoisotopic (exact) mass is 291 g/mol. The number of hydrogen-bond donors (Lipinski definition) is 0. The lowest BCUT2D eigenvalue weighted by Gasteiger charge is -2.09. The first kappa shape index (κ1) is 11.2. The minimum Gasteiger partial charge on any atom is -0.283 e. The zero-order valence-electron chi connectivity index (χ0n) is 7.75. The summed E-state index contributed by atoms with van der Waals surface area (Å²) in [5.74, 6) is 0. The van der Waals surface area contributed by atoms with Crippen molar-refractivity contribution < 1.29 is 13.2 Å². The first-order valence-electron chi connectivity index (χ1n) is 4.28. The third kappa shape index (κ3) is 1.84. The fourth-order valence-corrected chi connectivity index (χ4v) is 1.80. The molecule has 0 saturated heterocycles. The minimum atomic E-state index is -4.41. The van der Waals surface area contributed by atoms with Crippen LogP contribution in [0, 0.1) is 0 Å².